The molecule has 1 saturated heterocycles. The average molecular weight is 773 g/mol. The fourth-order valence-electron chi connectivity index (χ4n) is 6.58. The Hall–Kier alpha value is -6.33. The van der Waals surface area contributed by atoms with E-state index in [1.54, 1.807) is 91.0 Å². The number of benzene rings is 5. The minimum absolute atomic E-state index is 0.0178. The van der Waals surface area contributed by atoms with E-state index in [4.69, 9.17) is 28.4 Å². The first kappa shape index (κ1) is 38.9. The summed E-state index contributed by atoms with van der Waals surface area (Å²) >= 11 is 0. The summed E-state index contributed by atoms with van der Waals surface area (Å²) < 4.78 is 52.1. The summed E-state index contributed by atoms with van der Waals surface area (Å²) in [5, 5.41) is 0. The first-order chi connectivity index (χ1) is 27.7. The van der Waals surface area contributed by atoms with Crippen LogP contribution in [0.4, 0.5) is 4.39 Å². The van der Waals surface area contributed by atoms with Gasteiger partial charge in [-0.15, -0.1) is 0 Å². The van der Waals surface area contributed by atoms with Crippen LogP contribution in [-0.2, 0) is 41.5 Å². The van der Waals surface area contributed by atoms with Gasteiger partial charge in [0.05, 0.1) is 22.8 Å². The number of ether oxygens (including phenoxy) is 6. The van der Waals surface area contributed by atoms with E-state index in [2.05, 4.69) is 0 Å². The predicted octanol–water partition coefficient (Wildman–Crippen LogP) is 8.16. The molecule has 10 nitrogen and oxygen atoms in total. The van der Waals surface area contributed by atoms with Crippen LogP contribution in [0.15, 0.2) is 127 Å². The molecule has 1 aliphatic heterocycles. The highest BCUT2D eigenvalue weighted by Gasteiger charge is 2.46. The van der Waals surface area contributed by atoms with E-state index in [0.717, 1.165) is 18.4 Å². The van der Waals surface area contributed by atoms with Gasteiger partial charge in [-0.2, -0.15) is 0 Å². The van der Waals surface area contributed by atoms with Gasteiger partial charge in [-0.25, -0.2) is 18.8 Å². The maximum Gasteiger partial charge on any atom is 0.338 e. The zero-order chi connectivity index (χ0) is 39.7. The van der Waals surface area contributed by atoms with E-state index in [-0.39, 0.29) is 48.5 Å². The van der Waals surface area contributed by atoms with E-state index < -0.39 is 54.3 Å². The van der Waals surface area contributed by atoms with Gasteiger partial charge in [0, 0.05) is 25.3 Å². The second-order valence-corrected chi connectivity index (χ2v) is 14.0. The lowest BCUT2D eigenvalue weighted by atomic mass is 9.99. The van der Waals surface area contributed by atoms with Crippen LogP contribution in [0.5, 0.6) is 5.75 Å². The molecule has 0 spiro atoms. The van der Waals surface area contributed by atoms with Crippen molar-refractivity contribution in [1.82, 2.24) is 0 Å². The summed E-state index contributed by atoms with van der Waals surface area (Å²) in [5.41, 5.74) is 3.27. The lowest BCUT2D eigenvalue weighted by Crippen LogP contribution is -2.55. The topological polar surface area (TPSA) is 124 Å². The molecular formula is C46H41FO10. The molecule has 5 aromatic carbocycles. The van der Waals surface area contributed by atoms with Crippen molar-refractivity contribution in [2.45, 2.75) is 69.7 Å². The molecule has 0 unspecified atom stereocenters. The number of carbonyl (C=O) groups excluding carboxylic acids is 4. The molecule has 0 bridgehead atoms. The van der Waals surface area contributed by atoms with Crippen LogP contribution in [0.2, 0.25) is 0 Å². The van der Waals surface area contributed by atoms with Gasteiger partial charge in [-0.3, -0.25) is 4.79 Å². The van der Waals surface area contributed by atoms with E-state index in [0.29, 0.717) is 17.0 Å². The van der Waals surface area contributed by atoms with Gasteiger partial charge >= 0.3 is 23.9 Å². The summed E-state index contributed by atoms with van der Waals surface area (Å²) in [7, 11) is 0. The van der Waals surface area contributed by atoms with Crippen LogP contribution >= 0.6 is 0 Å². The summed E-state index contributed by atoms with van der Waals surface area (Å²) in [5.74, 6) is -2.69. The Balaban J connectivity index is 1.25. The Labute approximate surface area is 329 Å². The van der Waals surface area contributed by atoms with E-state index >= 15 is 4.39 Å². The number of carbonyl (C=O) groups is 4. The molecule has 0 aromatic heterocycles. The maximum atomic E-state index is 16.2. The van der Waals surface area contributed by atoms with Crippen LogP contribution < -0.4 is 4.74 Å². The Morgan fingerprint density at radius 3 is 1.84 bits per heavy atom. The summed E-state index contributed by atoms with van der Waals surface area (Å²) in [6, 6.07) is 35.7. The number of hydrogen-bond acceptors (Lipinski definition) is 10. The molecule has 2 aliphatic rings. The molecule has 5 aromatic rings. The van der Waals surface area contributed by atoms with E-state index in [9.17, 15) is 19.2 Å². The highest BCUT2D eigenvalue weighted by atomic mass is 19.1. The molecule has 1 heterocycles. The average Bonchev–Trinajstić information content (AvgIpc) is 4.09. The summed E-state index contributed by atoms with van der Waals surface area (Å²) in [4.78, 5) is 51.9. The number of halogens is 1. The Morgan fingerprint density at radius 1 is 0.684 bits per heavy atom. The predicted molar refractivity (Wildman–Crippen MR) is 205 cm³/mol. The van der Waals surface area contributed by atoms with Crippen molar-refractivity contribution >= 4 is 23.9 Å². The summed E-state index contributed by atoms with van der Waals surface area (Å²) in [6.45, 7) is 0.719. The SMILES string of the molecule is CC(=O)OCc1cc(F)c(Cc2ccc(C3CC3)cc2)c(O[C@@H]2O[C@H](COC(=O)c3ccccc3)C[C@H](OC(=O)c3ccccc3)[C@H]2OC(=O)c2ccccc2)c1. The van der Waals surface area contributed by atoms with Gasteiger partial charge in [0.2, 0.25) is 12.4 Å². The first-order valence-corrected chi connectivity index (χ1v) is 18.8. The smallest absolute Gasteiger partial charge is 0.338 e. The molecule has 0 N–H and O–H groups in total. The molecule has 4 atom stereocenters. The zero-order valence-corrected chi connectivity index (χ0v) is 31.2. The highest BCUT2D eigenvalue weighted by Crippen LogP contribution is 2.40. The molecule has 1 saturated carbocycles. The fourth-order valence-corrected chi connectivity index (χ4v) is 6.58. The molecular weight excluding hydrogens is 731 g/mol. The van der Waals surface area contributed by atoms with Crippen molar-refractivity contribution in [2.75, 3.05) is 6.61 Å². The molecule has 1 aliphatic carbocycles. The summed E-state index contributed by atoms with van der Waals surface area (Å²) in [6.07, 6.45) is -2.69. The van der Waals surface area contributed by atoms with Crippen LogP contribution in [0.1, 0.15) is 85.4 Å². The lowest BCUT2D eigenvalue weighted by molar-refractivity contribution is -0.240. The maximum absolute atomic E-state index is 16.2. The van der Waals surface area contributed by atoms with Gasteiger partial charge in [0.15, 0.2) is 0 Å². The van der Waals surface area contributed by atoms with Crippen molar-refractivity contribution in [2.24, 2.45) is 0 Å². The quantitative estimate of drug-likeness (QED) is 0.0807. The molecule has 57 heavy (non-hydrogen) atoms. The number of esters is 4. The van der Waals surface area contributed by atoms with Crippen molar-refractivity contribution < 1.29 is 52.0 Å². The standard InChI is InChI=1S/C46H41FO10/c1-29(48)52-27-31-24-39(47)38(23-30-17-19-32(20-18-30)33-21-22-33)40(25-31)56-46-42(57-45(51)36-15-9-4-10-16-36)41(55-44(50)35-13-7-3-8-14-35)26-37(54-46)28-53-43(49)34-11-5-2-6-12-34/h2-20,24-25,33,37,41-42,46H,21-23,26-28H2,1H3/t37-,41-,42+,46-/m0/s1. The molecule has 11 heteroatoms. The van der Waals surface area contributed by atoms with E-state index in [1.165, 1.54) is 24.6 Å². The molecule has 7 rings (SSSR count). The minimum Gasteiger partial charge on any atom is -0.461 e. The normalized spacial score (nSPS) is 18.8. The largest absolute Gasteiger partial charge is 0.461 e. The third-order valence-electron chi connectivity index (χ3n) is 9.70. The van der Waals surface area contributed by atoms with Gasteiger partial charge < -0.3 is 28.4 Å². The number of rotatable bonds is 14. The Bertz CT molecular complexity index is 2170. The van der Waals surface area contributed by atoms with Crippen LogP contribution in [0.25, 0.3) is 0 Å². The minimum atomic E-state index is -1.51. The van der Waals surface area contributed by atoms with Crippen molar-refractivity contribution in [1.29, 1.82) is 0 Å². The van der Waals surface area contributed by atoms with E-state index in [1.807, 2.05) is 24.3 Å². The Kier molecular flexibility index (Phi) is 12.3. The zero-order valence-electron chi connectivity index (χ0n) is 31.2. The first-order valence-electron chi connectivity index (χ1n) is 18.8. The third kappa shape index (κ3) is 10.3. The van der Waals surface area contributed by atoms with Crippen molar-refractivity contribution in [3.05, 3.63) is 172 Å². The Morgan fingerprint density at radius 2 is 1.26 bits per heavy atom. The second kappa shape index (κ2) is 18.1. The van der Waals surface area contributed by atoms with Gasteiger partial charge in [0.25, 0.3) is 0 Å². The number of hydrogen-bond donors (Lipinski definition) is 0. The van der Waals surface area contributed by atoms with Gasteiger partial charge in [0.1, 0.15) is 30.9 Å². The molecule has 292 valence electrons. The molecule has 2 fully saturated rings. The van der Waals surface area contributed by atoms with Crippen LogP contribution in [-0.4, -0.2) is 55.1 Å². The van der Waals surface area contributed by atoms with Crippen molar-refractivity contribution in [3.63, 3.8) is 0 Å². The highest BCUT2D eigenvalue weighted by molar-refractivity contribution is 5.90. The van der Waals surface area contributed by atoms with Gasteiger partial charge in [-0.05, 0) is 84.0 Å². The second-order valence-electron chi connectivity index (χ2n) is 14.0. The van der Waals surface area contributed by atoms with Crippen molar-refractivity contribution in [3.8, 4) is 5.75 Å². The fraction of sp³-hybridized carbons (Fsp3) is 0.261. The van der Waals surface area contributed by atoms with Crippen LogP contribution in [0, 0.1) is 5.82 Å². The molecule has 0 amide bonds. The lowest BCUT2D eigenvalue weighted by Gasteiger charge is -2.40. The monoisotopic (exact) mass is 772 g/mol. The van der Waals surface area contributed by atoms with Crippen LogP contribution in [0.3, 0.4) is 0 Å². The third-order valence-corrected chi connectivity index (χ3v) is 9.70. The molecule has 0 radical (unpaired) electrons. The van der Waals surface area contributed by atoms with Gasteiger partial charge in [-0.1, -0.05) is 78.9 Å².